The van der Waals surface area contributed by atoms with Crippen molar-refractivity contribution in [3.63, 3.8) is 0 Å². The van der Waals surface area contributed by atoms with Gasteiger partial charge in [-0.25, -0.2) is 4.68 Å². The molecule has 3 aromatic rings. The summed E-state index contributed by atoms with van der Waals surface area (Å²) in [7, 11) is 1.66. The van der Waals surface area contributed by atoms with Crippen molar-refractivity contribution in [2.24, 2.45) is 0 Å². The molecular weight excluding hydrogens is 362 g/mol. The Kier molecular flexibility index (Phi) is 4.86. The molecule has 2 aromatic carbocycles. The number of halogens is 1. The van der Waals surface area contributed by atoms with E-state index in [1.165, 1.54) is 15.8 Å². The van der Waals surface area contributed by atoms with Crippen molar-refractivity contribution in [1.82, 2.24) is 9.78 Å². The zero-order chi connectivity index (χ0) is 18.8. The van der Waals surface area contributed by atoms with Gasteiger partial charge in [-0.15, -0.1) is 0 Å². The lowest BCUT2D eigenvalue weighted by atomic mass is 9.99. The summed E-state index contributed by atoms with van der Waals surface area (Å²) in [4.78, 5) is 14.8. The first-order valence-electron chi connectivity index (χ1n) is 8.86. The van der Waals surface area contributed by atoms with Gasteiger partial charge in [0.2, 0.25) is 0 Å². The van der Waals surface area contributed by atoms with E-state index < -0.39 is 0 Å². The minimum absolute atomic E-state index is 0.215. The topological polar surface area (TPSA) is 47.4 Å². The van der Waals surface area contributed by atoms with Crippen molar-refractivity contribution in [1.29, 1.82) is 0 Å². The third kappa shape index (κ3) is 3.55. The number of aromatic nitrogens is 2. The van der Waals surface area contributed by atoms with Crippen molar-refractivity contribution in [3.05, 3.63) is 86.8 Å². The predicted octanol–water partition coefficient (Wildman–Crippen LogP) is 3.52. The van der Waals surface area contributed by atoms with Crippen LogP contribution in [-0.2, 0) is 19.5 Å². The molecule has 0 radical (unpaired) electrons. The molecule has 0 atom stereocenters. The van der Waals surface area contributed by atoms with Gasteiger partial charge in [0.1, 0.15) is 10.8 Å². The van der Waals surface area contributed by atoms with Gasteiger partial charge < -0.3 is 9.64 Å². The molecule has 0 N–H and O–H groups in total. The van der Waals surface area contributed by atoms with Gasteiger partial charge in [-0.05, 0) is 35.2 Å². The van der Waals surface area contributed by atoms with Crippen LogP contribution in [0.5, 0.6) is 5.75 Å². The highest BCUT2D eigenvalue weighted by atomic mass is 35.5. The van der Waals surface area contributed by atoms with Crippen molar-refractivity contribution >= 4 is 17.3 Å². The van der Waals surface area contributed by atoms with Crippen LogP contribution in [0.4, 0.5) is 5.69 Å². The molecule has 0 spiro atoms. The van der Waals surface area contributed by atoms with Gasteiger partial charge in [0, 0.05) is 13.1 Å². The Bertz CT molecular complexity index is 1020. The summed E-state index contributed by atoms with van der Waals surface area (Å²) in [6, 6.07) is 15.9. The third-order valence-electron chi connectivity index (χ3n) is 4.91. The molecule has 0 bridgehead atoms. The molecule has 1 aromatic heterocycles. The average molecular weight is 382 g/mol. The Morgan fingerprint density at radius 3 is 2.74 bits per heavy atom. The van der Waals surface area contributed by atoms with Crippen LogP contribution in [0.1, 0.15) is 16.7 Å². The number of fused-ring (bicyclic) bond motifs is 1. The van der Waals surface area contributed by atoms with Gasteiger partial charge in [0.15, 0.2) is 0 Å². The van der Waals surface area contributed by atoms with Gasteiger partial charge in [0.05, 0.1) is 25.5 Å². The molecule has 0 saturated heterocycles. The normalized spacial score (nSPS) is 13.3. The molecule has 0 aliphatic carbocycles. The minimum atomic E-state index is -0.269. The maximum Gasteiger partial charge on any atom is 0.287 e. The second-order valence-electron chi connectivity index (χ2n) is 6.60. The highest BCUT2D eigenvalue weighted by molar-refractivity contribution is 6.33. The molecular formula is C21H20ClN3O2. The first kappa shape index (κ1) is 17.6. The summed E-state index contributed by atoms with van der Waals surface area (Å²) in [5, 5.41) is 4.57. The molecule has 1 aliphatic rings. The molecule has 0 fully saturated rings. The third-order valence-corrected chi connectivity index (χ3v) is 5.26. The summed E-state index contributed by atoms with van der Waals surface area (Å²) in [6.07, 6.45) is 2.58. The van der Waals surface area contributed by atoms with E-state index in [1.54, 1.807) is 13.3 Å². The van der Waals surface area contributed by atoms with Crippen LogP contribution in [-0.4, -0.2) is 23.4 Å². The Labute approximate surface area is 162 Å². The quantitative estimate of drug-likeness (QED) is 0.693. The molecule has 0 saturated carbocycles. The fraction of sp³-hybridized carbons (Fsp3) is 0.238. The Hall–Kier alpha value is -2.79. The number of methoxy groups -OCH3 is 1. The van der Waals surface area contributed by atoms with E-state index in [-0.39, 0.29) is 10.6 Å². The van der Waals surface area contributed by atoms with E-state index in [4.69, 9.17) is 16.3 Å². The van der Waals surface area contributed by atoms with E-state index in [0.29, 0.717) is 18.8 Å². The van der Waals surface area contributed by atoms with E-state index in [9.17, 15) is 4.79 Å². The summed E-state index contributed by atoms with van der Waals surface area (Å²) in [5.74, 6) is 0.832. The van der Waals surface area contributed by atoms with Crippen LogP contribution < -0.4 is 15.2 Å². The predicted molar refractivity (Wildman–Crippen MR) is 107 cm³/mol. The van der Waals surface area contributed by atoms with Gasteiger partial charge in [0.25, 0.3) is 5.56 Å². The fourth-order valence-corrected chi connectivity index (χ4v) is 3.68. The standard InChI is InChI=1S/C21H20ClN3O2/c1-27-18-8-7-16-9-10-24(14-17(16)11-18)19-12-23-25(21(26)20(19)22)13-15-5-3-2-4-6-15/h2-8,11-12H,9-10,13-14H2,1H3. The summed E-state index contributed by atoms with van der Waals surface area (Å²) in [5.41, 5.74) is 3.91. The Balaban J connectivity index is 1.61. The van der Waals surface area contributed by atoms with Crippen molar-refractivity contribution in [2.75, 3.05) is 18.6 Å². The zero-order valence-electron chi connectivity index (χ0n) is 15.1. The SMILES string of the molecule is COc1ccc2c(c1)CN(c1cnn(Cc3ccccc3)c(=O)c1Cl)CC2. The first-order chi connectivity index (χ1) is 13.2. The lowest BCUT2D eigenvalue weighted by Gasteiger charge is -2.31. The average Bonchev–Trinajstić information content (AvgIpc) is 2.71. The van der Waals surface area contributed by atoms with Crippen molar-refractivity contribution in [3.8, 4) is 5.75 Å². The number of ether oxygens (including phenoxy) is 1. The summed E-state index contributed by atoms with van der Waals surface area (Å²) in [6.45, 7) is 1.87. The van der Waals surface area contributed by atoms with E-state index in [1.807, 2.05) is 42.5 Å². The minimum Gasteiger partial charge on any atom is -0.497 e. The summed E-state index contributed by atoms with van der Waals surface area (Å²) >= 11 is 6.44. The number of hydrogen-bond donors (Lipinski definition) is 0. The molecule has 6 heteroatoms. The van der Waals surface area contributed by atoms with Crippen LogP contribution in [0.15, 0.2) is 59.5 Å². The van der Waals surface area contributed by atoms with Gasteiger partial charge >= 0.3 is 0 Å². The van der Waals surface area contributed by atoms with Crippen molar-refractivity contribution in [2.45, 2.75) is 19.5 Å². The highest BCUT2D eigenvalue weighted by Gasteiger charge is 2.21. The number of benzene rings is 2. The number of rotatable bonds is 4. The van der Waals surface area contributed by atoms with E-state index >= 15 is 0 Å². The van der Waals surface area contributed by atoms with Crippen molar-refractivity contribution < 1.29 is 4.74 Å². The molecule has 0 amide bonds. The molecule has 138 valence electrons. The van der Waals surface area contributed by atoms with Crippen LogP contribution in [0.3, 0.4) is 0 Å². The maximum atomic E-state index is 12.7. The van der Waals surface area contributed by atoms with Crippen LogP contribution in [0.2, 0.25) is 5.02 Å². The van der Waals surface area contributed by atoms with E-state index in [2.05, 4.69) is 16.1 Å². The second kappa shape index (κ2) is 7.45. The highest BCUT2D eigenvalue weighted by Crippen LogP contribution is 2.29. The summed E-state index contributed by atoms with van der Waals surface area (Å²) < 4.78 is 6.73. The Morgan fingerprint density at radius 1 is 1.15 bits per heavy atom. The van der Waals surface area contributed by atoms with Gasteiger partial charge in [-0.3, -0.25) is 4.79 Å². The monoisotopic (exact) mass is 381 g/mol. The largest absolute Gasteiger partial charge is 0.497 e. The van der Waals surface area contributed by atoms with Crippen LogP contribution in [0, 0.1) is 0 Å². The lowest BCUT2D eigenvalue weighted by Crippen LogP contribution is -2.33. The smallest absolute Gasteiger partial charge is 0.287 e. The number of nitrogens with zero attached hydrogens (tertiary/aromatic N) is 3. The number of hydrogen-bond acceptors (Lipinski definition) is 4. The number of anilines is 1. The molecule has 5 nitrogen and oxygen atoms in total. The maximum absolute atomic E-state index is 12.7. The van der Waals surface area contributed by atoms with Crippen LogP contribution >= 0.6 is 11.6 Å². The first-order valence-corrected chi connectivity index (χ1v) is 9.24. The van der Waals surface area contributed by atoms with Gasteiger partial charge in [-0.2, -0.15) is 5.10 Å². The van der Waals surface area contributed by atoms with E-state index in [0.717, 1.165) is 24.3 Å². The Morgan fingerprint density at radius 2 is 1.96 bits per heavy atom. The zero-order valence-corrected chi connectivity index (χ0v) is 15.8. The van der Waals surface area contributed by atoms with Gasteiger partial charge in [-0.1, -0.05) is 48.0 Å². The molecule has 0 unspecified atom stereocenters. The molecule has 27 heavy (non-hydrogen) atoms. The fourth-order valence-electron chi connectivity index (χ4n) is 3.41. The molecule has 4 rings (SSSR count). The van der Waals surface area contributed by atoms with Crippen LogP contribution in [0.25, 0.3) is 0 Å². The molecule has 1 aliphatic heterocycles. The molecule has 2 heterocycles. The lowest BCUT2D eigenvalue weighted by molar-refractivity contribution is 0.413. The second-order valence-corrected chi connectivity index (χ2v) is 6.98.